The van der Waals surface area contributed by atoms with Crippen molar-refractivity contribution in [2.75, 3.05) is 24.3 Å². The maximum absolute atomic E-state index is 13.6. The van der Waals surface area contributed by atoms with Gasteiger partial charge >= 0.3 is 5.97 Å². The zero-order valence-corrected chi connectivity index (χ0v) is 21.5. The predicted octanol–water partition coefficient (Wildman–Crippen LogP) is 4.85. The van der Waals surface area contributed by atoms with E-state index >= 15 is 0 Å². The summed E-state index contributed by atoms with van der Waals surface area (Å²) in [6, 6.07) is 13.4. The van der Waals surface area contributed by atoms with E-state index in [-0.39, 0.29) is 23.7 Å². The number of fused-ring (bicyclic) bond motifs is 1. The molecule has 0 radical (unpaired) electrons. The molecule has 184 valence electrons. The minimum absolute atomic E-state index is 0.220. The topological polar surface area (TPSA) is 76.5 Å². The zero-order valence-electron chi connectivity index (χ0n) is 20.8. The molecule has 2 aromatic carbocycles. The SMILES string of the molecule is CCc1nc(-c2ccc(N(C)C)cc2Cl)c(=O)n(CC)c1N[C@H]1c2ccccc2C[C@@H]1OC(C)=O. The highest BCUT2D eigenvalue weighted by molar-refractivity contribution is 6.33. The molecule has 7 nitrogen and oxygen atoms in total. The summed E-state index contributed by atoms with van der Waals surface area (Å²) in [6.45, 7) is 5.80. The smallest absolute Gasteiger partial charge is 0.302 e. The average Bonchev–Trinajstić information content (AvgIpc) is 3.16. The van der Waals surface area contributed by atoms with Crippen molar-refractivity contribution in [1.82, 2.24) is 9.55 Å². The number of carbonyl (C=O) groups is 1. The molecule has 0 fully saturated rings. The first-order valence-electron chi connectivity index (χ1n) is 11.9. The van der Waals surface area contributed by atoms with Gasteiger partial charge in [-0.1, -0.05) is 42.8 Å². The number of ether oxygens (including phenoxy) is 1. The number of aryl methyl sites for hydroxylation is 1. The number of esters is 1. The summed E-state index contributed by atoms with van der Waals surface area (Å²) < 4.78 is 7.36. The second kappa shape index (κ2) is 10.1. The van der Waals surface area contributed by atoms with Crippen molar-refractivity contribution in [2.45, 2.75) is 52.3 Å². The third-order valence-electron chi connectivity index (χ3n) is 6.41. The standard InChI is InChI=1S/C27H31ClN4O3/c1-6-22-26(30-24-19-11-9-8-10-17(19)14-23(24)35-16(3)33)32(7-2)27(34)25(29-22)20-13-12-18(31(4)5)15-21(20)28/h8-13,15,23-24,30H,6-7,14H2,1-5H3/t23-,24-/m0/s1. The van der Waals surface area contributed by atoms with E-state index in [0.29, 0.717) is 41.5 Å². The van der Waals surface area contributed by atoms with Crippen LogP contribution < -0.4 is 15.8 Å². The average molecular weight is 495 g/mol. The largest absolute Gasteiger partial charge is 0.460 e. The van der Waals surface area contributed by atoms with E-state index < -0.39 is 0 Å². The molecule has 2 atom stereocenters. The van der Waals surface area contributed by atoms with Crippen LogP contribution in [-0.4, -0.2) is 35.7 Å². The summed E-state index contributed by atoms with van der Waals surface area (Å²) in [5, 5.41) is 4.01. The first-order chi connectivity index (χ1) is 16.7. The summed E-state index contributed by atoms with van der Waals surface area (Å²) in [5.74, 6) is 0.311. The number of hydrogen-bond donors (Lipinski definition) is 1. The molecule has 35 heavy (non-hydrogen) atoms. The van der Waals surface area contributed by atoms with Crippen LogP contribution in [-0.2, 0) is 28.9 Å². The van der Waals surface area contributed by atoms with Crippen LogP contribution in [0.2, 0.25) is 5.02 Å². The Morgan fingerprint density at radius 1 is 1.23 bits per heavy atom. The highest BCUT2D eigenvalue weighted by Gasteiger charge is 2.36. The first kappa shape index (κ1) is 24.8. The molecule has 1 aliphatic carbocycles. The van der Waals surface area contributed by atoms with Crippen LogP contribution in [0.15, 0.2) is 47.3 Å². The lowest BCUT2D eigenvalue weighted by Crippen LogP contribution is -2.32. The number of nitrogens with one attached hydrogen (secondary N) is 1. The Kier molecular flexibility index (Phi) is 7.17. The number of aromatic nitrogens is 2. The number of benzene rings is 2. The monoisotopic (exact) mass is 494 g/mol. The van der Waals surface area contributed by atoms with Gasteiger partial charge in [-0.15, -0.1) is 0 Å². The van der Waals surface area contributed by atoms with Gasteiger partial charge in [-0.05, 0) is 42.7 Å². The molecule has 1 heterocycles. The van der Waals surface area contributed by atoms with Gasteiger partial charge in [-0.3, -0.25) is 14.2 Å². The molecule has 1 N–H and O–H groups in total. The van der Waals surface area contributed by atoms with Gasteiger partial charge < -0.3 is 15.0 Å². The van der Waals surface area contributed by atoms with Crippen molar-refractivity contribution < 1.29 is 9.53 Å². The number of rotatable bonds is 7. The van der Waals surface area contributed by atoms with Crippen LogP contribution in [0.1, 0.15) is 43.6 Å². The number of hydrogen-bond acceptors (Lipinski definition) is 6. The number of halogens is 1. The van der Waals surface area contributed by atoms with E-state index in [1.165, 1.54) is 6.92 Å². The molecule has 0 unspecified atom stereocenters. The second-order valence-electron chi connectivity index (χ2n) is 8.89. The molecule has 0 aliphatic heterocycles. The Labute approximate surface area is 210 Å². The Morgan fingerprint density at radius 2 is 1.97 bits per heavy atom. The summed E-state index contributed by atoms with van der Waals surface area (Å²) in [6.07, 6.45) is 0.850. The van der Waals surface area contributed by atoms with Crippen molar-refractivity contribution in [3.05, 3.63) is 74.7 Å². The van der Waals surface area contributed by atoms with Gasteiger partial charge in [0.15, 0.2) is 0 Å². The van der Waals surface area contributed by atoms with Crippen molar-refractivity contribution >= 4 is 29.1 Å². The van der Waals surface area contributed by atoms with E-state index in [9.17, 15) is 9.59 Å². The Bertz CT molecular complexity index is 1320. The molecule has 0 amide bonds. The first-order valence-corrected chi connectivity index (χ1v) is 12.2. The van der Waals surface area contributed by atoms with Gasteiger partial charge in [0.25, 0.3) is 5.56 Å². The molecule has 3 aromatic rings. The number of carbonyl (C=O) groups excluding carboxylic acids is 1. The predicted molar refractivity (Wildman–Crippen MR) is 140 cm³/mol. The van der Waals surface area contributed by atoms with Gasteiger partial charge in [-0.2, -0.15) is 0 Å². The van der Waals surface area contributed by atoms with Crippen molar-refractivity contribution in [3.63, 3.8) is 0 Å². The Hall–Kier alpha value is -3.32. The molecule has 0 bridgehead atoms. The Morgan fingerprint density at radius 3 is 2.60 bits per heavy atom. The van der Waals surface area contributed by atoms with E-state index in [2.05, 4.69) is 5.32 Å². The molecule has 0 spiro atoms. The molecular formula is C27H31ClN4O3. The molecule has 1 aliphatic rings. The number of anilines is 2. The lowest BCUT2D eigenvalue weighted by atomic mass is 10.1. The van der Waals surface area contributed by atoms with Gasteiger partial charge in [0.05, 0.1) is 16.8 Å². The normalized spacial score (nSPS) is 16.6. The fourth-order valence-electron chi connectivity index (χ4n) is 4.68. The van der Waals surface area contributed by atoms with Crippen LogP contribution in [0.3, 0.4) is 0 Å². The van der Waals surface area contributed by atoms with Gasteiger partial charge in [0, 0.05) is 45.2 Å². The second-order valence-corrected chi connectivity index (χ2v) is 9.30. The molecule has 0 saturated carbocycles. The summed E-state index contributed by atoms with van der Waals surface area (Å²) in [4.78, 5) is 32.2. The molecular weight excluding hydrogens is 464 g/mol. The minimum atomic E-state index is -0.372. The van der Waals surface area contributed by atoms with E-state index in [0.717, 1.165) is 22.5 Å². The molecule has 8 heteroatoms. The lowest BCUT2D eigenvalue weighted by molar-refractivity contribution is -0.146. The maximum Gasteiger partial charge on any atom is 0.302 e. The van der Waals surface area contributed by atoms with E-state index in [1.807, 2.05) is 75.3 Å². The minimum Gasteiger partial charge on any atom is -0.460 e. The highest BCUT2D eigenvalue weighted by atomic mass is 35.5. The fourth-order valence-corrected chi connectivity index (χ4v) is 4.94. The van der Waals surface area contributed by atoms with E-state index in [1.54, 1.807) is 4.57 Å². The lowest BCUT2D eigenvalue weighted by Gasteiger charge is -2.26. The van der Waals surface area contributed by atoms with Crippen LogP contribution >= 0.6 is 11.6 Å². The van der Waals surface area contributed by atoms with Crippen molar-refractivity contribution in [2.24, 2.45) is 0 Å². The third kappa shape index (κ3) is 4.78. The fraction of sp³-hybridized carbons (Fsp3) is 0.370. The number of nitrogens with zero attached hydrogens (tertiary/aromatic N) is 3. The summed E-state index contributed by atoms with van der Waals surface area (Å²) in [5.41, 5.74) is 4.59. The zero-order chi connectivity index (χ0) is 25.3. The van der Waals surface area contributed by atoms with Crippen molar-refractivity contribution in [3.8, 4) is 11.3 Å². The van der Waals surface area contributed by atoms with Gasteiger partial charge in [-0.25, -0.2) is 4.98 Å². The van der Waals surface area contributed by atoms with E-state index in [4.69, 9.17) is 21.3 Å². The quantitative estimate of drug-likeness (QED) is 0.473. The van der Waals surface area contributed by atoms with Gasteiger partial charge in [0.1, 0.15) is 17.6 Å². The van der Waals surface area contributed by atoms with Crippen LogP contribution in [0.25, 0.3) is 11.3 Å². The van der Waals surface area contributed by atoms with Crippen LogP contribution in [0, 0.1) is 0 Å². The third-order valence-corrected chi connectivity index (χ3v) is 6.72. The van der Waals surface area contributed by atoms with Crippen LogP contribution in [0.5, 0.6) is 0 Å². The van der Waals surface area contributed by atoms with Crippen molar-refractivity contribution in [1.29, 1.82) is 0 Å². The maximum atomic E-state index is 13.6. The molecule has 4 rings (SSSR count). The summed E-state index contributed by atoms with van der Waals surface area (Å²) >= 11 is 6.59. The molecule has 0 saturated heterocycles. The molecule has 1 aromatic heterocycles. The van der Waals surface area contributed by atoms with Gasteiger partial charge in [0.2, 0.25) is 0 Å². The highest BCUT2D eigenvalue weighted by Crippen LogP contribution is 2.37. The summed E-state index contributed by atoms with van der Waals surface area (Å²) in [7, 11) is 3.88. The Balaban J connectivity index is 1.81. The van der Waals surface area contributed by atoms with Crippen LogP contribution in [0.4, 0.5) is 11.5 Å².